The fourth-order valence-corrected chi connectivity index (χ4v) is 3.29. The van der Waals surface area contributed by atoms with E-state index < -0.39 is 0 Å². The summed E-state index contributed by atoms with van der Waals surface area (Å²) < 4.78 is 0. The molecule has 1 fully saturated rings. The number of carbonyl (C=O) groups excluding carboxylic acids is 1. The number of para-hydroxylation sites is 1. The number of hydrogen-bond acceptors (Lipinski definition) is 2. The molecule has 1 aromatic rings. The number of amides is 1. The monoisotopic (exact) mass is 258 g/mol. The molecule has 2 heterocycles. The molecule has 0 bridgehead atoms. The number of carbonyl (C=O) groups is 1. The van der Waals surface area contributed by atoms with Crippen molar-refractivity contribution in [2.75, 3.05) is 24.5 Å². The topological polar surface area (TPSA) is 32.3 Å². The average molecular weight is 258 g/mol. The van der Waals surface area contributed by atoms with Crippen LogP contribution in [0.1, 0.15) is 25.3 Å². The average Bonchev–Trinajstić information content (AvgIpc) is 2.46. The van der Waals surface area contributed by atoms with E-state index in [1.165, 1.54) is 5.56 Å². The quantitative estimate of drug-likeness (QED) is 0.837. The molecule has 3 rings (SSSR count). The van der Waals surface area contributed by atoms with Gasteiger partial charge in [-0.1, -0.05) is 25.1 Å². The summed E-state index contributed by atoms with van der Waals surface area (Å²) in [7, 11) is 0. The molecule has 0 radical (unpaired) electrons. The molecular formula is C16H22N2O. The molecule has 1 aromatic carbocycles. The van der Waals surface area contributed by atoms with E-state index in [1.54, 1.807) is 0 Å². The molecule has 2 atom stereocenters. The molecule has 2 aliphatic rings. The normalized spacial score (nSPS) is 26.9. The second-order valence-electron chi connectivity index (χ2n) is 5.93. The van der Waals surface area contributed by atoms with Crippen LogP contribution in [0.15, 0.2) is 24.3 Å². The third kappa shape index (κ3) is 2.52. The molecule has 1 N–H and O–H groups in total. The summed E-state index contributed by atoms with van der Waals surface area (Å²) >= 11 is 0. The second kappa shape index (κ2) is 5.33. The number of rotatable bonds is 1. The van der Waals surface area contributed by atoms with Crippen molar-refractivity contribution in [1.82, 2.24) is 5.32 Å². The van der Waals surface area contributed by atoms with Crippen LogP contribution in [0.4, 0.5) is 5.69 Å². The molecule has 0 aliphatic carbocycles. The van der Waals surface area contributed by atoms with Crippen LogP contribution >= 0.6 is 0 Å². The molecule has 0 saturated carbocycles. The van der Waals surface area contributed by atoms with E-state index in [1.807, 2.05) is 11.0 Å². The van der Waals surface area contributed by atoms with Gasteiger partial charge in [0.05, 0.1) is 5.92 Å². The minimum atomic E-state index is 0.159. The molecular weight excluding hydrogens is 236 g/mol. The molecule has 2 aliphatic heterocycles. The van der Waals surface area contributed by atoms with E-state index in [0.29, 0.717) is 11.8 Å². The van der Waals surface area contributed by atoms with Gasteiger partial charge in [0.1, 0.15) is 0 Å². The van der Waals surface area contributed by atoms with Gasteiger partial charge < -0.3 is 10.2 Å². The molecule has 0 aromatic heterocycles. The zero-order valence-corrected chi connectivity index (χ0v) is 11.6. The van der Waals surface area contributed by atoms with Gasteiger partial charge in [-0.2, -0.15) is 0 Å². The third-order valence-corrected chi connectivity index (χ3v) is 4.26. The Morgan fingerprint density at radius 1 is 1.37 bits per heavy atom. The van der Waals surface area contributed by atoms with Crippen LogP contribution in [0.3, 0.4) is 0 Å². The SMILES string of the molecule is CC1Cc2ccccc2N(C(=O)[C@H]2CCCNC2)C1. The van der Waals surface area contributed by atoms with Crippen molar-refractivity contribution in [1.29, 1.82) is 0 Å². The fourth-order valence-electron chi connectivity index (χ4n) is 3.29. The van der Waals surface area contributed by atoms with Crippen molar-refractivity contribution in [3.05, 3.63) is 29.8 Å². The molecule has 1 amide bonds. The zero-order valence-electron chi connectivity index (χ0n) is 11.6. The maximum atomic E-state index is 12.7. The predicted molar refractivity (Wildman–Crippen MR) is 77.3 cm³/mol. The predicted octanol–water partition coefficient (Wildman–Crippen LogP) is 2.21. The van der Waals surface area contributed by atoms with Gasteiger partial charge in [-0.05, 0) is 43.4 Å². The number of fused-ring (bicyclic) bond motifs is 1. The molecule has 3 heteroatoms. The lowest BCUT2D eigenvalue weighted by Gasteiger charge is -2.36. The van der Waals surface area contributed by atoms with Crippen LogP contribution in [0, 0.1) is 11.8 Å². The summed E-state index contributed by atoms with van der Waals surface area (Å²) in [5.41, 5.74) is 2.45. The van der Waals surface area contributed by atoms with Gasteiger partial charge in [0.25, 0.3) is 0 Å². The van der Waals surface area contributed by atoms with Crippen molar-refractivity contribution < 1.29 is 4.79 Å². The van der Waals surface area contributed by atoms with E-state index in [-0.39, 0.29) is 5.92 Å². The smallest absolute Gasteiger partial charge is 0.231 e. The first kappa shape index (κ1) is 12.7. The Hall–Kier alpha value is -1.35. The van der Waals surface area contributed by atoms with Crippen molar-refractivity contribution in [3.8, 4) is 0 Å². The third-order valence-electron chi connectivity index (χ3n) is 4.26. The first-order chi connectivity index (χ1) is 9.25. The van der Waals surface area contributed by atoms with Crippen LogP contribution in [0.5, 0.6) is 0 Å². The molecule has 1 unspecified atom stereocenters. The minimum Gasteiger partial charge on any atom is -0.316 e. The Balaban J connectivity index is 1.85. The van der Waals surface area contributed by atoms with Crippen LogP contribution in [-0.4, -0.2) is 25.5 Å². The Bertz CT molecular complexity index is 466. The van der Waals surface area contributed by atoms with Gasteiger partial charge in [-0.25, -0.2) is 0 Å². The Kier molecular flexibility index (Phi) is 3.56. The highest BCUT2D eigenvalue weighted by atomic mass is 16.2. The van der Waals surface area contributed by atoms with Crippen molar-refractivity contribution in [2.45, 2.75) is 26.2 Å². The van der Waals surface area contributed by atoms with Gasteiger partial charge in [0.15, 0.2) is 0 Å². The Morgan fingerprint density at radius 3 is 3.00 bits per heavy atom. The molecule has 0 spiro atoms. The molecule has 3 nitrogen and oxygen atoms in total. The van der Waals surface area contributed by atoms with Crippen molar-refractivity contribution in [3.63, 3.8) is 0 Å². The van der Waals surface area contributed by atoms with Crippen LogP contribution in [0.25, 0.3) is 0 Å². The number of piperidine rings is 1. The van der Waals surface area contributed by atoms with Crippen LogP contribution in [-0.2, 0) is 11.2 Å². The molecule has 19 heavy (non-hydrogen) atoms. The Labute approximate surface area is 115 Å². The first-order valence-electron chi connectivity index (χ1n) is 7.35. The van der Waals surface area contributed by atoms with E-state index in [2.05, 4.69) is 30.4 Å². The fraction of sp³-hybridized carbons (Fsp3) is 0.562. The number of benzene rings is 1. The van der Waals surface area contributed by atoms with Crippen LogP contribution < -0.4 is 10.2 Å². The summed E-state index contributed by atoms with van der Waals surface area (Å²) in [6, 6.07) is 8.36. The maximum Gasteiger partial charge on any atom is 0.231 e. The summed E-state index contributed by atoms with van der Waals surface area (Å²) in [6.45, 7) is 4.99. The number of nitrogens with zero attached hydrogens (tertiary/aromatic N) is 1. The highest BCUT2D eigenvalue weighted by Crippen LogP contribution is 2.31. The summed E-state index contributed by atoms with van der Waals surface area (Å²) in [5.74, 6) is 1.02. The van der Waals surface area contributed by atoms with Crippen LogP contribution in [0.2, 0.25) is 0 Å². The zero-order chi connectivity index (χ0) is 13.2. The highest BCUT2D eigenvalue weighted by molar-refractivity contribution is 5.96. The Morgan fingerprint density at radius 2 is 2.21 bits per heavy atom. The number of hydrogen-bond donors (Lipinski definition) is 1. The maximum absolute atomic E-state index is 12.7. The van der Waals surface area contributed by atoms with E-state index >= 15 is 0 Å². The number of nitrogens with one attached hydrogen (secondary N) is 1. The largest absolute Gasteiger partial charge is 0.316 e. The van der Waals surface area contributed by atoms with E-state index in [0.717, 1.165) is 44.6 Å². The van der Waals surface area contributed by atoms with Gasteiger partial charge in [-0.3, -0.25) is 4.79 Å². The summed E-state index contributed by atoms with van der Waals surface area (Å²) in [4.78, 5) is 14.8. The lowest BCUT2D eigenvalue weighted by Crippen LogP contribution is -2.46. The minimum absolute atomic E-state index is 0.159. The first-order valence-corrected chi connectivity index (χ1v) is 7.35. The summed E-state index contributed by atoms with van der Waals surface area (Å²) in [6.07, 6.45) is 3.23. The van der Waals surface area contributed by atoms with Gasteiger partial charge >= 0.3 is 0 Å². The molecule has 102 valence electrons. The van der Waals surface area contributed by atoms with Crippen molar-refractivity contribution >= 4 is 11.6 Å². The lowest BCUT2D eigenvalue weighted by atomic mass is 9.91. The highest BCUT2D eigenvalue weighted by Gasteiger charge is 2.31. The second-order valence-corrected chi connectivity index (χ2v) is 5.93. The van der Waals surface area contributed by atoms with Gasteiger partial charge in [0, 0.05) is 18.8 Å². The lowest BCUT2D eigenvalue weighted by molar-refractivity contribution is -0.123. The van der Waals surface area contributed by atoms with E-state index in [4.69, 9.17) is 0 Å². The van der Waals surface area contributed by atoms with Gasteiger partial charge in [-0.15, -0.1) is 0 Å². The standard InChI is InChI=1S/C16H22N2O/c1-12-9-13-5-2-3-7-15(13)18(11-12)16(19)14-6-4-8-17-10-14/h2-3,5,7,12,14,17H,4,6,8-11H2,1H3/t12?,14-/m0/s1. The molecule has 1 saturated heterocycles. The number of anilines is 1. The van der Waals surface area contributed by atoms with Crippen molar-refractivity contribution in [2.24, 2.45) is 11.8 Å². The van der Waals surface area contributed by atoms with E-state index in [9.17, 15) is 4.79 Å². The summed E-state index contributed by atoms with van der Waals surface area (Å²) in [5, 5.41) is 3.34. The van der Waals surface area contributed by atoms with Gasteiger partial charge in [0.2, 0.25) is 5.91 Å².